The van der Waals surface area contributed by atoms with Gasteiger partial charge in [0.15, 0.2) is 0 Å². The summed E-state index contributed by atoms with van der Waals surface area (Å²) in [7, 11) is 0. The SMILES string of the molecule is CCCCCCCCCCCC[C@H](NC(=O)[C@@H](CC(C)C)NC(=O)OC(C)(C)C)C(=O)O. The lowest BCUT2D eigenvalue weighted by atomic mass is 10.0. The van der Waals surface area contributed by atoms with Gasteiger partial charge in [-0.2, -0.15) is 0 Å². The van der Waals surface area contributed by atoms with Crippen LogP contribution in [0.1, 0.15) is 119 Å². The second-order valence-electron chi connectivity index (χ2n) is 10.2. The second kappa shape index (κ2) is 16.8. The van der Waals surface area contributed by atoms with Crippen LogP contribution in [0.2, 0.25) is 0 Å². The molecule has 0 aliphatic carbocycles. The fraction of sp³-hybridized carbons (Fsp3) is 0.880. The van der Waals surface area contributed by atoms with E-state index in [0.717, 1.165) is 19.3 Å². The number of alkyl carbamates (subject to hydrolysis) is 1. The monoisotopic (exact) mass is 456 g/mol. The van der Waals surface area contributed by atoms with Gasteiger partial charge in [-0.1, -0.05) is 85.0 Å². The van der Waals surface area contributed by atoms with Gasteiger partial charge in [0.1, 0.15) is 17.7 Å². The Bertz CT molecular complexity index is 543. The lowest BCUT2D eigenvalue weighted by molar-refractivity contribution is -0.142. The molecule has 0 aromatic carbocycles. The molecule has 0 spiro atoms. The van der Waals surface area contributed by atoms with Crippen molar-refractivity contribution in [3.63, 3.8) is 0 Å². The molecule has 2 atom stereocenters. The number of carbonyl (C=O) groups is 3. The average molecular weight is 457 g/mol. The summed E-state index contributed by atoms with van der Waals surface area (Å²) in [5, 5.41) is 14.7. The Hall–Kier alpha value is -1.79. The molecule has 0 aromatic rings. The van der Waals surface area contributed by atoms with Gasteiger partial charge < -0.3 is 20.5 Å². The van der Waals surface area contributed by atoms with Gasteiger partial charge in [-0.25, -0.2) is 9.59 Å². The first kappa shape index (κ1) is 30.2. The normalized spacial score (nSPS) is 13.5. The van der Waals surface area contributed by atoms with Crippen molar-refractivity contribution in [2.24, 2.45) is 5.92 Å². The van der Waals surface area contributed by atoms with Crippen molar-refractivity contribution in [3.05, 3.63) is 0 Å². The highest BCUT2D eigenvalue weighted by molar-refractivity contribution is 5.89. The molecule has 2 amide bonds. The summed E-state index contributed by atoms with van der Waals surface area (Å²) in [5.41, 5.74) is -0.679. The number of hydrogen-bond donors (Lipinski definition) is 3. The molecular formula is C25H48N2O5. The average Bonchev–Trinajstić information content (AvgIpc) is 2.65. The van der Waals surface area contributed by atoms with E-state index >= 15 is 0 Å². The maximum absolute atomic E-state index is 12.7. The molecule has 0 aliphatic heterocycles. The van der Waals surface area contributed by atoms with Gasteiger partial charge in [-0.05, 0) is 39.5 Å². The second-order valence-corrected chi connectivity index (χ2v) is 10.2. The first-order valence-electron chi connectivity index (χ1n) is 12.5. The summed E-state index contributed by atoms with van der Waals surface area (Å²) in [6, 6.07) is -1.79. The summed E-state index contributed by atoms with van der Waals surface area (Å²) in [6.45, 7) is 11.3. The van der Waals surface area contributed by atoms with E-state index in [2.05, 4.69) is 17.6 Å². The van der Waals surface area contributed by atoms with Crippen LogP contribution in [0.15, 0.2) is 0 Å². The number of amides is 2. The third kappa shape index (κ3) is 16.8. The van der Waals surface area contributed by atoms with Crippen LogP contribution >= 0.6 is 0 Å². The highest BCUT2D eigenvalue weighted by atomic mass is 16.6. The predicted molar refractivity (Wildman–Crippen MR) is 129 cm³/mol. The van der Waals surface area contributed by atoms with Gasteiger partial charge >= 0.3 is 12.1 Å². The van der Waals surface area contributed by atoms with Crippen LogP contribution in [0, 0.1) is 5.92 Å². The molecule has 0 saturated carbocycles. The zero-order chi connectivity index (χ0) is 24.6. The van der Waals surface area contributed by atoms with E-state index in [1.165, 1.54) is 44.9 Å². The van der Waals surface area contributed by atoms with Crippen LogP contribution in [-0.2, 0) is 14.3 Å². The van der Waals surface area contributed by atoms with Crippen LogP contribution in [0.4, 0.5) is 4.79 Å². The number of rotatable bonds is 17. The Balaban J connectivity index is 4.48. The highest BCUT2D eigenvalue weighted by Gasteiger charge is 2.28. The van der Waals surface area contributed by atoms with E-state index in [-0.39, 0.29) is 5.92 Å². The molecule has 7 nitrogen and oxygen atoms in total. The van der Waals surface area contributed by atoms with Gasteiger partial charge in [0, 0.05) is 0 Å². The highest BCUT2D eigenvalue weighted by Crippen LogP contribution is 2.13. The quantitative estimate of drug-likeness (QED) is 0.240. The number of unbranched alkanes of at least 4 members (excludes halogenated alkanes) is 9. The molecule has 0 rings (SSSR count). The van der Waals surface area contributed by atoms with Gasteiger partial charge in [-0.3, -0.25) is 4.79 Å². The van der Waals surface area contributed by atoms with Crippen molar-refractivity contribution in [2.75, 3.05) is 0 Å². The van der Waals surface area contributed by atoms with Crippen molar-refractivity contribution in [1.29, 1.82) is 0 Å². The number of hydrogen-bond acceptors (Lipinski definition) is 4. The molecule has 0 unspecified atom stereocenters. The maximum atomic E-state index is 12.7. The topological polar surface area (TPSA) is 105 Å². The largest absolute Gasteiger partial charge is 0.480 e. The molecule has 3 N–H and O–H groups in total. The number of ether oxygens (including phenoxy) is 1. The minimum absolute atomic E-state index is 0.144. The molecule has 0 aliphatic rings. The molecule has 0 fully saturated rings. The number of nitrogens with one attached hydrogen (secondary N) is 2. The smallest absolute Gasteiger partial charge is 0.408 e. The number of carbonyl (C=O) groups excluding carboxylic acids is 2. The lowest BCUT2D eigenvalue weighted by Gasteiger charge is -2.25. The zero-order valence-corrected chi connectivity index (χ0v) is 21.3. The molecule has 188 valence electrons. The predicted octanol–water partition coefficient (Wildman–Crippen LogP) is 5.81. The number of carboxylic acids is 1. The summed E-state index contributed by atoms with van der Waals surface area (Å²) >= 11 is 0. The third-order valence-electron chi connectivity index (χ3n) is 5.18. The van der Waals surface area contributed by atoms with Gasteiger partial charge in [0.25, 0.3) is 0 Å². The van der Waals surface area contributed by atoms with Crippen LogP contribution in [-0.4, -0.2) is 40.8 Å². The lowest BCUT2D eigenvalue weighted by Crippen LogP contribution is -2.52. The minimum atomic E-state index is -1.05. The van der Waals surface area contributed by atoms with Gasteiger partial charge in [-0.15, -0.1) is 0 Å². The molecule has 0 heterocycles. The summed E-state index contributed by atoms with van der Waals surface area (Å²) in [4.78, 5) is 36.5. The Morgan fingerprint density at radius 1 is 0.812 bits per heavy atom. The summed E-state index contributed by atoms with van der Waals surface area (Å²) in [6.07, 6.45) is 11.8. The van der Waals surface area contributed by atoms with E-state index in [1.54, 1.807) is 20.8 Å². The molecule has 32 heavy (non-hydrogen) atoms. The van der Waals surface area contributed by atoms with E-state index in [0.29, 0.717) is 12.8 Å². The molecular weight excluding hydrogens is 408 g/mol. The Morgan fingerprint density at radius 3 is 1.75 bits per heavy atom. The number of carboxylic acid groups (broad SMARTS) is 1. The van der Waals surface area contributed by atoms with Crippen molar-refractivity contribution < 1.29 is 24.2 Å². The van der Waals surface area contributed by atoms with Gasteiger partial charge in [0.2, 0.25) is 5.91 Å². The van der Waals surface area contributed by atoms with Crippen LogP contribution in [0.5, 0.6) is 0 Å². The standard InChI is InChI=1S/C25H48N2O5/c1-7-8-9-10-11-12-13-14-15-16-17-20(23(29)30)26-22(28)21(18-19(2)3)27-24(31)32-25(4,5)6/h19-21H,7-18H2,1-6H3,(H,26,28)(H,27,31)(H,29,30)/t20-,21+/m0/s1. The molecule has 0 bridgehead atoms. The van der Waals surface area contributed by atoms with Crippen molar-refractivity contribution in [1.82, 2.24) is 10.6 Å². The summed E-state index contributed by atoms with van der Waals surface area (Å²) < 4.78 is 5.24. The van der Waals surface area contributed by atoms with Gasteiger partial charge in [0.05, 0.1) is 0 Å². The van der Waals surface area contributed by atoms with E-state index in [4.69, 9.17) is 4.74 Å². The van der Waals surface area contributed by atoms with Crippen molar-refractivity contribution in [3.8, 4) is 0 Å². The fourth-order valence-electron chi connectivity index (χ4n) is 3.52. The third-order valence-corrected chi connectivity index (χ3v) is 5.18. The molecule has 0 radical (unpaired) electrons. The van der Waals surface area contributed by atoms with E-state index < -0.39 is 35.7 Å². The summed E-state index contributed by atoms with van der Waals surface area (Å²) in [5.74, 6) is -1.38. The number of aliphatic carboxylic acids is 1. The first-order chi connectivity index (χ1) is 15.0. The Labute approximate surface area is 195 Å². The van der Waals surface area contributed by atoms with E-state index in [1.807, 2.05) is 13.8 Å². The minimum Gasteiger partial charge on any atom is -0.480 e. The Morgan fingerprint density at radius 2 is 1.31 bits per heavy atom. The first-order valence-corrected chi connectivity index (χ1v) is 12.5. The van der Waals surface area contributed by atoms with Crippen molar-refractivity contribution >= 4 is 18.0 Å². The van der Waals surface area contributed by atoms with Crippen molar-refractivity contribution in [2.45, 2.75) is 136 Å². The van der Waals surface area contributed by atoms with E-state index in [9.17, 15) is 19.5 Å². The zero-order valence-electron chi connectivity index (χ0n) is 21.3. The van der Waals surface area contributed by atoms with Crippen LogP contribution < -0.4 is 10.6 Å². The maximum Gasteiger partial charge on any atom is 0.408 e. The fourth-order valence-corrected chi connectivity index (χ4v) is 3.52. The molecule has 7 heteroatoms. The van der Waals surface area contributed by atoms with Crippen LogP contribution in [0.25, 0.3) is 0 Å². The molecule has 0 saturated heterocycles. The Kier molecular flexibility index (Phi) is 15.8. The molecule has 0 aromatic heterocycles. The van der Waals surface area contributed by atoms with Crippen LogP contribution in [0.3, 0.4) is 0 Å².